The molecule has 1 N–H and O–H groups in total. The third-order valence-electron chi connectivity index (χ3n) is 5.77. The highest BCUT2D eigenvalue weighted by atomic mass is 16.7. The molecule has 26 heavy (non-hydrogen) atoms. The van der Waals surface area contributed by atoms with E-state index in [2.05, 4.69) is 4.90 Å². The number of hydrogen-bond donors (Lipinski definition) is 1. The van der Waals surface area contributed by atoms with Gasteiger partial charge in [0.15, 0.2) is 0 Å². The van der Waals surface area contributed by atoms with Crippen LogP contribution in [-0.2, 0) is 9.31 Å². The Bertz CT molecular complexity index is 568. The molecular weight excluding hydrogens is 329 g/mol. The highest BCUT2D eigenvalue weighted by Gasteiger charge is 2.51. The molecule has 0 aromatic heterocycles. The van der Waals surface area contributed by atoms with Gasteiger partial charge >= 0.3 is 7.12 Å². The number of rotatable bonds is 6. The van der Waals surface area contributed by atoms with Crippen LogP contribution in [-0.4, -0.2) is 60.7 Å². The summed E-state index contributed by atoms with van der Waals surface area (Å²) in [5.74, 6) is 0.753. The molecule has 6 heteroatoms. The minimum absolute atomic E-state index is 0.312. The summed E-state index contributed by atoms with van der Waals surface area (Å²) < 4.78 is 17.9. The Morgan fingerprint density at radius 3 is 2.19 bits per heavy atom. The van der Waals surface area contributed by atoms with Crippen molar-refractivity contribution in [1.82, 2.24) is 4.90 Å². The Balaban J connectivity index is 1.49. The zero-order valence-electron chi connectivity index (χ0n) is 16.5. The molecule has 0 radical (unpaired) electrons. The van der Waals surface area contributed by atoms with Crippen molar-refractivity contribution in [2.24, 2.45) is 0 Å². The van der Waals surface area contributed by atoms with Crippen LogP contribution in [0.3, 0.4) is 0 Å². The second kappa shape index (κ2) is 7.89. The van der Waals surface area contributed by atoms with Gasteiger partial charge in [0.2, 0.25) is 0 Å². The van der Waals surface area contributed by atoms with Crippen LogP contribution in [0.5, 0.6) is 5.75 Å². The maximum atomic E-state index is 10.2. The summed E-state index contributed by atoms with van der Waals surface area (Å²) >= 11 is 0. The van der Waals surface area contributed by atoms with Crippen molar-refractivity contribution in [2.45, 2.75) is 64.3 Å². The highest BCUT2D eigenvalue weighted by molar-refractivity contribution is 6.62. The third-order valence-corrected chi connectivity index (χ3v) is 5.77. The normalized spacial score (nSPS) is 23.8. The Labute approximate surface area is 157 Å². The summed E-state index contributed by atoms with van der Waals surface area (Å²) in [6.07, 6.45) is 3.30. The number of nitrogens with zero attached hydrogens (tertiary/aromatic N) is 1. The first-order valence-corrected chi connectivity index (χ1v) is 9.76. The van der Waals surface area contributed by atoms with Crippen molar-refractivity contribution in [2.75, 3.05) is 26.2 Å². The van der Waals surface area contributed by atoms with Gasteiger partial charge in [-0.25, -0.2) is 0 Å². The molecule has 0 spiro atoms. The number of ether oxygens (including phenoxy) is 1. The molecule has 1 aromatic rings. The number of hydrogen-bond acceptors (Lipinski definition) is 5. The summed E-state index contributed by atoms with van der Waals surface area (Å²) in [7, 11) is -0.362. The minimum Gasteiger partial charge on any atom is -0.491 e. The molecule has 0 amide bonds. The van der Waals surface area contributed by atoms with Gasteiger partial charge in [-0.05, 0) is 71.2 Å². The van der Waals surface area contributed by atoms with E-state index >= 15 is 0 Å². The van der Waals surface area contributed by atoms with Gasteiger partial charge in [-0.3, -0.25) is 0 Å². The van der Waals surface area contributed by atoms with E-state index in [1.54, 1.807) is 0 Å². The van der Waals surface area contributed by atoms with E-state index in [1.807, 2.05) is 52.0 Å². The first kappa shape index (κ1) is 19.7. The van der Waals surface area contributed by atoms with Gasteiger partial charge in [-0.15, -0.1) is 0 Å². The van der Waals surface area contributed by atoms with E-state index in [4.69, 9.17) is 14.0 Å². The maximum Gasteiger partial charge on any atom is 0.494 e. The molecule has 0 bridgehead atoms. The monoisotopic (exact) mass is 361 g/mol. The molecule has 2 aliphatic rings. The van der Waals surface area contributed by atoms with Gasteiger partial charge in [-0.1, -0.05) is 18.6 Å². The number of β-amino-alcohol motifs (C(OH)–C–C–N with tert-alkyl or cyclic N) is 1. The van der Waals surface area contributed by atoms with Gasteiger partial charge in [0, 0.05) is 6.54 Å². The van der Waals surface area contributed by atoms with Crippen LogP contribution >= 0.6 is 0 Å². The molecule has 5 nitrogen and oxygen atoms in total. The highest BCUT2D eigenvalue weighted by Crippen LogP contribution is 2.36. The summed E-state index contributed by atoms with van der Waals surface area (Å²) in [6, 6.07) is 7.75. The lowest BCUT2D eigenvalue weighted by Crippen LogP contribution is -2.41. The smallest absolute Gasteiger partial charge is 0.491 e. The standard InChI is InChI=1S/C20H32BNO4/c1-19(2)20(3,4)26-21(25-19)16-8-10-18(11-9-16)24-15-17(23)14-22-12-6-5-7-13-22/h8-11,17,23H,5-7,12-15H2,1-4H3/t17-/m0/s1. The second-order valence-electron chi connectivity index (χ2n) is 8.48. The quantitative estimate of drug-likeness (QED) is 0.788. The van der Waals surface area contributed by atoms with Crippen molar-refractivity contribution in [3.63, 3.8) is 0 Å². The molecule has 1 atom stereocenters. The maximum absolute atomic E-state index is 10.2. The average Bonchev–Trinajstić information content (AvgIpc) is 2.82. The number of benzene rings is 1. The first-order chi connectivity index (χ1) is 12.3. The fraction of sp³-hybridized carbons (Fsp3) is 0.700. The molecule has 1 aromatic carbocycles. The minimum atomic E-state index is -0.462. The molecule has 2 heterocycles. The zero-order valence-corrected chi connectivity index (χ0v) is 16.5. The van der Waals surface area contributed by atoms with E-state index in [1.165, 1.54) is 19.3 Å². The first-order valence-electron chi connectivity index (χ1n) is 9.76. The van der Waals surface area contributed by atoms with Crippen LogP contribution in [0.2, 0.25) is 0 Å². The molecule has 2 fully saturated rings. The fourth-order valence-corrected chi connectivity index (χ4v) is 3.39. The molecule has 2 saturated heterocycles. The van der Waals surface area contributed by atoms with Crippen LogP contribution in [0.25, 0.3) is 0 Å². The fourth-order valence-electron chi connectivity index (χ4n) is 3.39. The van der Waals surface area contributed by atoms with Crippen LogP contribution in [0.4, 0.5) is 0 Å². The van der Waals surface area contributed by atoms with Gasteiger partial charge in [-0.2, -0.15) is 0 Å². The molecule has 0 saturated carbocycles. The lowest BCUT2D eigenvalue weighted by Gasteiger charge is -2.32. The van der Waals surface area contributed by atoms with Crippen molar-refractivity contribution in [1.29, 1.82) is 0 Å². The van der Waals surface area contributed by atoms with E-state index in [0.717, 1.165) is 24.3 Å². The van der Waals surface area contributed by atoms with E-state index in [9.17, 15) is 5.11 Å². The van der Waals surface area contributed by atoms with E-state index < -0.39 is 6.10 Å². The Morgan fingerprint density at radius 1 is 1.04 bits per heavy atom. The summed E-state index contributed by atoms with van der Waals surface area (Å²) in [5, 5.41) is 10.2. The summed E-state index contributed by atoms with van der Waals surface area (Å²) in [5.41, 5.74) is 0.293. The number of aliphatic hydroxyl groups is 1. The summed E-state index contributed by atoms with van der Waals surface area (Å²) in [4.78, 5) is 2.32. The topological polar surface area (TPSA) is 51.2 Å². The van der Waals surface area contributed by atoms with Crippen molar-refractivity contribution >= 4 is 12.6 Å². The van der Waals surface area contributed by atoms with Crippen molar-refractivity contribution in [3.8, 4) is 5.75 Å². The van der Waals surface area contributed by atoms with Gasteiger partial charge < -0.3 is 24.1 Å². The van der Waals surface area contributed by atoms with E-state index in [-0.39, 0.29) is 18.3 Å². The van der Waals surface area contributed by atoms with Crippen LogP contribution < -0.4 is 10.2 Å². The van der Waals surface area contributed by atoms with Gasteiger partial charge in [0.05, 0.1) is 11.2 Å². The predicted molar refractivity (Wildman–Crippen MR) is 104 cm³/mol. The lowest BCUT2D eigenvalue weighted by molar-refractivity contribution is 0.00578. The van der Waals surface area contributed by atoms with Gasteiger partial charge in [0.1, 0.15) is 18.5 Å². The van der Waals surface area contributed by atoms with Crippen molar-refractivity contribution in [3.05, 3.63) is 24.3 Å². The largest absolute Gasteiger partial charge is 0.494 e. The second-order valence-corrected chi connectivity index (χ2v) is 8.48. The van der Waals surface area contributed by atoms with Crippen LogP contribution in [0, 0.1) is 0 Å². The lowest BCUT2D eigenvalue weighted by atomic mass is 9.79. The van der Waals surface area contributed by atoms with Crippen LogP contribution in [0.1, 0.15) is 47.0 Å². The van der Waals surface area contributed by atoms with Gasteiger partial charge in [0.25, 0.3) is 0 Å². The average molecular weight is 361 g/mol. The molecule has 3 rings (SSSR count). The zero-order chi connectivity index (χ0) is 18.8. The summed E-state index contributed by atoms with van der Waals surface area (Å²) in [6.45, 7) is 11.4. The third kappa shape index (κ3) is 4.60. The molecule has 2 aliphatic heterocycles. The SMILES string of the molecule is CC1(C)OB(c2ccc(OC[C@@H](O)CN3CCCCC3)cc2)OC1(C)C. The Kier molecular flexibility index (Phi) is 5.97. The molecule has 0 aliphatic carbocycles. The number of likely N-dealkylation sites (tertiary alicyclic amines) is 1. The van der Waals surface area contributed by atoms with Crippen LogP contribution in [0.15, 0.2) is 24.3 Å². The molecule has 144 valence electrons. The Morgan fingerprint density at radius 2 is 1.62 bits per heavy atom. The van der Waals surface area contributed by atoms with Crippen molar-refractivity contribution < 1.29 is 19.2 Å². The number of aliphatic hydroxyl groups excluding tert-OH is 1. The molecule has 0 unspecified atom stereocenters. The Hall–Kier alpha value is -1.08. The number of piperidine rings is 1. The predicted octanol–water partition coefficient (Wildman–Crippen LogP) is 2.21. The molecular formula is C20H32BNO4. The van der Waals surface area contributed by atoms with E-state index in [0.29, 0.717) is 13.2 Å².